The lowest BCUT2D eigenvalue weighted by Gasteiger charge is -2.15. The summed E-state index contributed by atoms with van der Waals surface area (Å²) in [4.78, 5) is 0. The van der Waals surface area contributed by atoms with E-state index in [0.717, 1.165) is 0 Å². The van der Waals surface area contributed by atoms with E-state index in [0.29, 0.717) is 5.75 Å². The molecule has 3 heteroatoms. The molecule has 1 nitrogen and oxygen atoms in total. The van der Waals surface area contributed by atoms with Crippen LogP contribution in [0.5, 0.6) is 5.75 Å². The molecule has 0 unspecified atom stereocenters. The van der Waals surface area contributed by atoms with Crippen LogP contribution in [0.15, 0.2) is 24.3 Å². The van der Waals surface area contributed by atoms with E-state index in [1.165, 1.54) is 19.1 Å². The van der Waals surface area contributed by atoms with Crippen LogP contribution in [0.1, 0.15) is 32.8 Å². The van der Waals surface area contributed by atoms with Crippen LogP contribution in [0.25, 0.3) is 0 Å². The quantitative estimate of drug-likeness (QED) is 0.736. The lowest BCUT2D eigenvalue weighted by Crippen LogP contribution is -2.11. The summed E-state index contributed by atoms with van der Waals surface area (Å²) in [7, 11) is 0. The van der Waals surface area contributed by atoms with Gasteiger partial charge in [0.15, 0.2) is 0 Å². The van der Waals surface area contributed by atoms with Crippen molar-refractivity contribution in [3.63, 3.8) is 0 Å². The van der Waals surface area contributed by atoms with Crippen molar-refractivity contribution < 1.29 is 13.5 Å². The monoisotopic (exact) mass is 214 g/mol. The van der Waals surface area contributed by atoms with Gasteiger partial charge in [0, 0.05) is 12.0 Å². The number of rotatable bonds is 4. The molecule has 84 valence electrons. The van der Waals surface area contributed by atoms with E-state index in [2.05, 4.69) is 0 Å². The van der Waals surface area contributed by atoms with Gasteiger partial charge in [0.1, 0.15) is 5.75 Å². The van der Waals surface area contributed by atoms with Crippen molar-refractivity contribution in [2.75, 3.05) is 0 Å². The molecule has 0 aromatic heterocycles. The first kappa shape index (κ1) is 12.0. The van der Waals surface area contributed by atoms with E-state index >= 15 is 0 Å². The molecule has 0 fully saturated rings. The molecule has 1 rings (SSSR count). The zero-order valence-corrected chi connectivity index (χ0v) is 9.26. The molecule has 0 aliphatic carbocycles. The summed E-state index contributed by atoms with van der Waals surface area (Å²) in [5, 5.41) is 0. The minimum Gasteiger partial charge on any atom is -0.491 e. The molecule has 15 heavy (non-hydrogen) atoms. The fourth-order valence-electron chi connectivity index (χ4n) is 1.25. The van der Waals surface area contributed by atoms with Crippen molar-refractivity contribution in [3.05, 3.63) is 29.8 Å². The highest BCUT2D eigenvalue weighted by molar-refractivity contribution is 5.29. The maximum absolute atomic E-state index is 13.2. The van der Waals surface area contributed by atoms with Crippen molar-refractivity contribution in [3.8, 4) is 5.75 Å². The van der Waals surface area contributed by atoms with Gasteiger partial charge in [0.2, 0.25) is 0 Å². The molecule has 0 amide bonds. The first-order valence-electron chi connectivity index (χ1n) is 5.10. The van der Waals surface area contributed by atoms with Gasteiger partial charge in [-0.05, 0) is 38.1 Å². The molecular formula is C12H16F2O. The van der Waals surface area contributed by atoms with Gasteiger partial charge in [-0.25, -0.2) is 8.78 Å². The number of halogens is 2. The molecule has 0 saturated heterocycles. The molecule has 0 atom stereocenters. The summed E-state index contributed by atoms with van der Waals surface area (Å²) in [6, 6.07) is 6.00. The third-order valence-electron chi connectivity index (χ3n) is 2.09. The Balaban J connectivity index is 2.81. The second kappa shape index (κ2) is 4.60. The van der Waals surface area contributed by atoms with E-state index in [4.69, 9.17) is 4.74 Å². The predicted molar refractivity (Wildman–Crippen MR) is 56.4 cm³/mol. The minimum absolute atomic E-state index is 0.0427. The van der Waals surface area contributed by atoms with Crippen LogP contribution in [-0.2, 0) is 5.92 Å². The largest absolute Gasteiger partial charge is 0.491 e. The lowest BCUT2D eigenvalue weighted by molar-refractivity contribution is -0.00832. The van der Waals surface area contributed by atoms with Gasteiger partial charge in [-0.1, -0.05) is 6.92 Å². The Hall–Kier alpha value is -1.12. The van der Waals surface area contributed by atoms with Crippen LogP contribution in [-0.4, -0.2) is 6.10 Å². The van der Waals surface area contributed by atoms with Crippen molar-refractivity contribution in [1.82, 2.24) is 0 Å². The first-order valence-corrected chi connectivity index (χ1v) is 5.10. The Morgan fingerprint density at radius 3 is 2.13 bits per heavy atom. The smallest absolute Gasteiger partial charge is 0.273 e. The van der Waals surface area contributed by atoms with Crippen LogP contribution in [0.2, 0.25) is 0 Å². The van der Waals surface area contributed by atoms with E-state index in [9.17, 15) is 8.78 Å². The summed E-state index contributed by atoms with van der Waals surface area (Å²) < 4.78 is 31.8. The Labute approximate surface area is 89.1 Å². The summed E-state index contributed by atoms with van der Waals surface area (Å²) >= 11 is 0. The topological polar surface area (TPSA) is 9.23 Å². The molecule has 0 saturated carbocycles. The molecule has 0 spiro atoms. The van der Waals surface area contributed by atoms with Crippen molar-refractivity contribution >= 4 is 0 Å². The third kappa shape index (κ3) is 3.18. The van der Waals surface area contributed by atoms with E-state index in [1.807, 2.05) is 13.8 Å². The summed E-state index contributed by atoms with van der Waals surface area (Å²) in [5.41, 5.74) is 0.0427. The Kier molecular flexibility index (Phi) is 3.66. The zero-order valence-electron chi connectivity index (χ0n) is 9.26. The molecule has 0 aliphatic heterocycles. The molecule has 0 aliphatic rings. The maximum atomic E-state index is 13.2. The molecule has 0 radical (unpaired) electrons. The van der Waals surface area contributed by atoms with Crippen LogP contribution in [0.4, 0.5) is 8.78 Å². The molecular weight excluding hydrogens is 198 g/mol. The highest BCUT2D eigenvalue weighted by atomic mass is 19.3. The number of ether oxygens (including phenoxy) is 1. The maximum Gasteiger partial charge on any atom is 0.273 e. The highest BCUT2D eigenvalue weighted by Gasteiger charge is 2.28. The molecule has 0 heterocycles. The lowest BCUT2D eigenvalue weighted by atomic mass is 10.1. The van der Waals surface area contributed by atoms with E-state index in [1.54, 1.807) is 12.1 Å². The van der Waals surface area contributed by atoms with Crippen LogP contribution in [0.3, 0.4) is 0 Å². The number of alkyl halides is 2. The van der Waals surface area contributed by atoms with Gasteiger partial charge in [-0.15, -0.1) is 0 Å². The van der Waals surface area contributed by atoms with Crippen LogP contribution >= 0.6 is 0 Å². The average molecular weight is 214 g/mol. The second-order valence-electron chi connectivity index (χ2n) is 3.75. The van der Waals surface area contributed by atoms with Gasteiger partial charge < -0.3 is 4.74 Å². The number of hydrogen-bond acceptors (Lipinski definition) is 1. The predicted octanol–water partition coefficient (Wildman–Crippen LogP) is 3.98. The molecule has 1 aromatic rings. The first-order chi connectivity index (χ1) is 6.95. The Bertz CT molecular complexity index is 304. The summed E-state index contributed by atoms with van der Waals surface area (Å²) in [6.45, 7) is 5.27. The van der Waals surface area contributed by atoms with E-state index < -0.39 is 5.92 Å². The third-order valence-corrected chi connectivity index (χ3v) is 2.09. The van der Waals surface area contributed by atoms with Crippen molar-refractivity contribution in [2.24, 2.45) is 0 Å². The average Bonchev–Trinajstić information content (AvgIpc) is 2.18. The Morgan fingerprint density at radius 2 is 1.73 bits per heavy atom. The van der Waals surface area contributed by atoms with Gasteiger partial charge in [0.25, 0.3) is 5.92 Å². The molecule has 0 N–H and O–H groups in total. The number of hydrogen-bond donors (Lipinski definition) is 0. The SMILES string of the molecule is CCC(F)(F)c1ccc(OC(C)C)cc1. The fraction of sp³-hybridized carbons (Fsp3) is 0.500. The van der Waals surface area contributed by atoms with Crippen LogP contribution in [0, 0.1) is 0 Å². The van der Waals surface area contributed by atoms with Crippen molar-refractivity contribution in [1.29, 1.82) is 0 Å². The van der Waals surface area contributed by atoms with Gasteiger partial charge in [-0.3, -0.25) is 0 Å². The normalized spacial score (nSPS) is 11.9. The second-order valence-corrected chi connectivity index (χ2v) is 3.75. The standard InChI is InChI=1S/C12H16F2O/c1-4-12(13,14)10-5-7-11(8-6-10)15-9(2)3/h5-9H,4H2,1-3H3. The Morgan fingerprint density at radius 1 is 1.20 bits per heavy atom. The highest BCUT2D eigenvalue weighted by Crippen LogP contribution is 2.32. The van der Waals surface area contributed by atoms with Gasteiger partial charge in [0.05, 0.1) is 6.10 Å². The van der Waals surface area contributed by atoms with Crippen LogP contribution < -0.4 is 4.74 Å². The van der Waals surface area contributed by atoms with Crippen molar-refractivity contribution in [2.45, 2.75) is 39.2 Å². The minimum atomic E-state index is -2.74. The van der Waals surface area contributed by atoms with E-state index in [-0.39, 0.29) is 18.1 Å². The fourth-order valence-corrected chi connectivity index (χ4v) is 1.25. The number of benzene rings is 1. The summed E-state index contributed by atoms with van der Waals surface area (Å²) in [5.74, 6) is -2.11. The summed E-state index contributed by atoms with van der Waals surface area (Å²) in [6.07, 6.45) is -0.125. The molecule has 0 bridgehead atoms. The van der Waals surface area contributed by atoms with Gasteiger partial charge >= 0.3 is 0 Å². The van der Waals surface area contributed by atoms with Gasteiger partial charge in [-0.2, -0.15) is 0 Å². The zero-order chi connectivity index (χ0) is 11.5. The molecule has 1 aromatic carbocycles.